The molecule has 4 aliphatic rings. The molecule has 0 N–H and O–H groups in total. The van der Waals surface area contributed by atoms with Gasteiger partial charge < -0.3 is 0 Å². The van der Waals surface area contributed by atoms with Crippen LogP contribution in [0.5, 0.6) is 0 Å². The zero-order valence-electron chi connectivity index (χ0n) is 34.7. The van der Waals surface area contributed by atoms with E-state index in [9.17, 15) is 0 Å². The van der Waals surface area contributed by atoms with Gasteiger partial charge in [-0.15, -0.1) is 0 Å². The van der Waals surface area contributed by atoms with Crippen molar-refractivity contribution in [2.45, 2.75) is 219 Å². The van der Waals surface area contributed by atoms with Crippen molar-refractivity contribution in [3.63, 3.8) is 0 Å². The highest BCUT2D eigenvalue weighted by atomic mass is 28.9. The zero-order chi connectivity index (χ0) is 36.0. The minimum Gasteiger partial charge on any atom is -0.0613 e. The predicted molar refractivity (Wildman–Crippen MR) is 230 cm³/mol. The first-order valence-electron chi connectivity index (χ1n) is 21.9. The molecule has 4 heterocycles. The van der Waals surface area contributed by atoms with Crippen molar-refractivity contribution < 1.29 is 0 Å². The van der Waals surface area contributed by atoms with Crippen LogP contribution in [0.1, 0.15) is 229 Å². The molecule has 0 aromatic heterocycles. The van der Waals surface area contributed by atoms with Crippen LogP contribution in [-0.2, 0) is 0 Å². The van der Waals surface area contributed by atoms with E-state index in [1.165, 1.54) is 77.0 Å². The summed E-state index contributed by atoms with van der Waals surface area (Å²) in [6, 6.07) is 11.1. The van der Waals surface area contributed by atoms with Gasteiger partial charge in [0.2, 0.25) is 0 Å². The molecule has 0 nitrogen and oxygen atoms in total. The summed E-state index contributed by atoms with van der Waals surface area (Å²) in [5.74, 6) is 7.33. The fourth-order valence-corrected chi connectivity index (χ4v) is 28.0. The normalized spacial score (nSPS) is 24.8. The van der Waals surface area contributed by atoms with E-state index in [2.05, 4.69) is 107 Å². The molecular formula is C46H74B2Si2. The lowest BCUT2D eigenvalue weighted by Crippen LogP contribution is -2.63. The van der Waals surface area contributed by atoms with E-state index >= 15 is 0 Å². The van der Waals surface area contributed by atoms with Gasteiger partial charge in [0.25, 0.3) is 0 Å². The number of benzene rings is 2. The van der Waals surface area contributed by atoms with E-state index in [0.717, 1.165) is 35.9 Å². The van der Waals surface area contributed by atoms with Gasteiger partial charge in [0.15, 0.2) is 12.6 Å². The molecular weight excluding hydrogens is 630 g/mol. The van der Waals surface area contributed by atoms with Crippen LogP contribution in [0, 0.1) is 0 Å². The summed E-state index contributed by atoms with van der Waals surface area (Å²) in [4.78, 5) is 0. The first-order valence-corrected chi connectivity index (χ1v) is 26.1. The minimum absolute atomic E-state index is 0.579. The van der Waals surface area contributed by atoms with Crippen LogP contribution in [0.15, 0.2) is 24.3 Å². The fourth-order valence-electron chi connectivity index (χ4n) is 11.8. The smallest absolute Gasteiger partial charge is 0.0613 e. The van der Waals surface area contributed by atoms with E-state index in [1.54, 1.807) is 33.4 Å². The highest BCUT2D eigenvalue weighted by Gasteiger charge is 2.49. The average molecular weight is 705 g/mol. The van der Waals surface area contributed by atoms with Gasteiger partial charge in [-0.1, -0.05) is 208 Å². The zero-order valence-corrected chi connectivity index (χ0v) is 36.7. The van der Waals surface area contributed by atoms with E-state index in [0.29, 0.717) is 35.5 Å². The molecule has 0 aliphatic carbocycles. The molecule has 0 radical (unpaired) electrons. The lowest BCUT2D eigenvalue weighted by atomic mass is 9.42. The highest BCUT2D eigenvalue weighted by Crippen LogP contribution is 2.50. The summed E-state index contributed by atoms with van der Waals surface area (Å²) in [7, 11) is -1.89. The van der Waals surface area contributed by atoms with Crippen molar-refractivity contribution >= 4 is 38.5 Å². The first-order chi connectivity index (χ1) is 23.8. The molecule has 0 atom stereocenters. The van der Waals surface area contributed by atoms with Crippen LogP contribution in [0.2, 0.25) is 23.3 Å². The van der Waals surface area contributed by atoms with Gasteiger partial charge in [-0.2, -0.15) is 0 Å². The fraction of sp³-hybridized carbons (Fsp3) is 0.739. The second-order valence-electron chi connectivity index (χ2n) is 19.7. The SMILES string of the molecule is CC(C)c1cc(C(C)C)c(/[Si](B2C3CCCC2CCC3)=[Si](\B2C3CCCC2CCC3)c2c(C(C)C)cc(C(C)C)cc2C(C)C)c(C(C)C)c1. The highest BCUT2D eigenvalue weighted by molar-refractivity contribution is 7.54. The van der Waals surface area contributed by atoms with E-state index in [4.69, 9.17) is 0 Å². The summed E-state index contributed by atoms with van der Waals surface area (Å²) < 4.78 is 0. The summed E-state index contributed by atoms with van der Waals surface area (Å²) >= 11 is 0. The number of hydrogen-bond acceptors (Lipinski definition) is 0. The molecule has 4 heteroatoms. The van der Waals surface area contributed by atoms with Gasteiger partial charge >= 0.3 is 0 Å². The van der Waals surface area contributed by atoms with Crippen LogP contribution in [-0.4, -0.2) is 28.1 Å². The molecule has 4 aliphatic heterocycles. The average Bonchev–Trinajstić information content (AvgIpc) is 3.05. The summed E-state index contributed by atoms with van der Waals surface area (Å²) in [6.45, 7) is 30.3. The van der Waals surface area contributed by atoms with Crippen LogP contribution >= 0.6 is 0 Å². The summed E-state index contributed by atoms with van der Waals surface area (Å²) in [5, 5.41) is 4.01. The molecule has 50 heavy (non-hydrogen) atoms. The van der Waals surface area contributed by atoms with Crippen molar-refractivity contribution in [3.05, 3.63) is 57.6 Å². The quantitative estimate of drug-likeness (QED) is 0.216. The van der Waals surface area contributed by atoms with Crippen molar-refractivity contribution in [1.82, 2.24) is 0 Å². The second-order valence-corrected chi connectivity index (χ2v) is 26.9. The molecule has 0 spiro atoms. The minimum atomic E-state index is -0.943. The maximum Gasteiger partial charge on any atom is 0.159 e. The van der Waals surface area contributed by atoms with Crippen molar-refractivity contribution in [3.8, 4) is 0 Å². The van der Waals surface area contributed by atoms with E-state index in [-0.39, 0.29) is 0 Å². The monoisotopic (exact) mass is 705 g/mol. The molecule has 4 bridgehead atoms. The third-order valence-corrected chi connectivity index (χ3v) is 25.7. The Hall–Kier alpha value is -0.996. The Morgan fingerprint density at radius 1 is 0.380 bits per heavy atom. The Balaban J connectivity index is 1.86. The van der Waals surface area contributed by atoms with Gasteiger partial charge in [0.05, 0.1) is 0 Å². The summed E-state index contributed by atoms with van der Waals surface area (Å²) in [6.07, 6.45) is 20.0. The number of rotatable bonds is 10. The first kappa shape index (κ1) is 38.7. The van der Waals surface area contributed by atoms with Crippen LogP contribution < -0.4 is 10.4 Å². The summed E-state index contributed by atoms with van der Waals surface area (Å²) in [5.41, 5.74) is 10.4. The molecule has 4 saturated heterocycles. The lowest BCUT2D eigenvalue weighted by molar-refractivity contribution is 0.450. The number of hydrogen-bond donors (Lipinski definition) is 0. The predicted octanol–water partition coefficient (Wildman–Crippen LogP) is 13.0. The molecule has 2 aromatic rings. The van der Waals surface area contributed by atoms with Crippen LogP contribution in [0.4, 0.5) is 0 Å². The van der Waals surface area contributed by atoms with Crippen LogP contribution in [0.3, 0.4) is 0 Å². The molecule has 6 rings (SSSR count). The largest absolute Gasteiger partial charge is 0.159 e. The Morgan fingerprint density at radius 2 is 0.600 bits per heavy atom. The molecule has 2 aromatic carbocycles. The second kappa shape index (κ2) is 16.2. The van der Waals surface area contributed by atoms with Crippen LogP contribution in [0.25, 0.3) is 0 Å². The third-order valence-electron chi connectivity index (χ3n) is 14.4. The maximum atomic E-state index is 2.77. The Labute approximate surface area is 313 Å². The topological polar surface area (TPSA) is 0 Å². The Morgan fingerprint density at radius 3 is 0.780 bits per heavy atom. The molecule has 0 unspecified atom stereocenters. The van der Waals surface area contributed by atoms with Gasteiger partial charge in [-0.25, -0.2) is 0 Å². The molecule has 4 fully saturated rings. The molecule has 0 saturated carbocycles. The molecule has 0 amide bonds. The van der Waals surface area contributed by atoms with Gasteiger partial charge in [0, 0.05) is 0 Å². The maximum absolute atomic E-state index is 2.77. The third kappa shape index (κ3) is 7.52. The standard InChI is InChI=1S/C46H74B2Si2/c1-29(2)35-25-41(31(5)6)45(42(26-35)32(7)8)49(47-37-17-13-18-38(47)20-14-19-37)50(48-39-21-15-22-40(48)24-16-23-39)46-43(33(9)10)27-36(30(3)4)28-44(46)34(11)12/h25-34,37-40H,13-24H2,1-12H3/b50-49+. The van der Waals surface area contributed by atoms with Gasteiger partial charge in [-0.3, -0.25) is 0 Å². The van der Waals surface area contributed by atoms with Crippen molar-refractivity contribution in [2.75, 3.05) is 0 Å². The van der Waals surface area contributed by atoms with Crippen molar-refractivity contribution in [1.29, 1.82) is 0 Å². The Bertz CT molecular complexity index is 1320. The van der Waals surface area contributed by atoms with Crippen molar-refractivity contribution in [2.24, 2.45) is 0 Å². The van der Waals surface area contributed by atoms with Gasteiger partial charge in [0.1, 0.15) is 0 Å². The lowest BCUT2D eigenvalue weighted by Gasteiger charge is -2.48. The van der Waals surface area contributed by atoms with Gasteiger partial charge in [-0.05, 0) is 94.8 Å². The van der Waals surface area contributed by atoms with E-state index in [1.807, 2.05) is 10.4 Å². The number of fused-ring (bicyclic) bond motifs is 4. The Kier molecular flexibility index (Phi) is 12.5. The molecule has 272 valence electrons. The van der Waals surface area contributed by atoms with E-state index < -0.39 is 15.5 Å².